The van der Waals surface area contributed by atoms with Gasteiger partial charge in [-0.3, -0.25) is 0 Å². The summed E-state index contributed by atoms with van der Waals surface area (Å²) >= 11 is 12.6. The molecule has 0 saturated heterocycles. The number of halogens is 2. The van der Waals surface area contributed by atoms with Gasteiger partial charge in [0, 0.05) is 31.5 Å². The summed E-state index contributed by atoms with van der Waals surface area (Å²) in [6, 6.07) is 11.1. The van der Waals surface area contributed by atoms with Crippen molar-refractivity contribution in [2.45, 2.75) is 12.8 Å². The largest absolute Gasteiger partial charge is 0.395 e. The van der Waals surface area contributed by atoms with E-state index in [-0.39, 0.29) is 33.8 Å². The van der Waals surface area contributed by atoms with E-state index >= 15 is 0 Å². The van der Waals surface area contributed by atoms with E-state index in [0.29, 0.717) is 17.9 Å². The Balaban J connectivity index is 1.45. The Labute approximate surface area is 211 Å². The molecular weight excluding hydrogens is 489 g/mol. The van der Waals surface area contributed by atoms with Crippen LogP contribution in [-0.4, -0.2) is 55.8 Å². The van der Waals surface area contributed by atoms with E-state index in [4.69, 9.17) is 28.9 Å². The minimum atomic E-state index is -0.646. The third-order valence-electron chi connectivity index (χ3n) is 6.11. The van der Waals surface area contributed by atoms with Crippen LogP contribution in [0.15, 0.2) is 47.4 Å². The van der Waals surface area contributed by atoms with E-state index in [1.807, 2.05) is 6.07 Å². The van der Waals surface area contributed by atoms with Crippen LogP contribution in [0.2, 0.25) is 10.0 Å². The molecule has 0 atom stereocenters. The fourth-order valence-corrected chi connectivity index (χ4v) is 4.89. The van der Waals surface area contributed by atoms with Crippen LogP contribution in [0.1, 0.15) is 11.1 Å². The average Bonchev–Trinajstić information content (AvgIpc) is 3.03. The van der Waals surface area contributed by atoms with E-state index in [0.717, 1.165) is 36.2 Å². The maximum atomic E-state index is 12.8. The molecule has 0 aliphatic carbocycles. The van der Waals surface area contributed by atoms with Gasteiger partial charge >= 0.3 is 5.69 Å². The van der Waals surface area contributed by atoms with Gasteiger partial charge in [0.05, 0.1) is 27.7 Å². The van der Waals surface area contributed by atoms with Gasteiger partial charge in [0.1, 0.15) is 5.82 Å². The molecule has 0 fully saturated rings. The van der Waals surface area contributed by atoms with E-state index in [1.54, 1.807) is 18.2 Å². The van der Waals surface area contributed by atoms with Crippen LogP contribution in [-0.2, 0) is 12.8 Å². The third kappa shape index (κ3) is 4.68. The van der Waals surface area contributed by atoms with Crippen molar-refractivity contribution >= 4 is 51.7 Å². The lowest BCUT2D eigenvalue weighted by Crippen LogP contribution is -2.29. The first-order valence-corrected chi connectivity index (χ1v) is 11.9. The second-order valence-electron chi connectivity index (χ2n) is 8.29. The zero-order valence-electron chi connectivity index (χ0n) is 18.7. The molecule has 35 heavy (non-hydrogen) atoms. The number of nitrogens with zero attached hydrogens (tertiary/aromatic N) is 5. The highest BCUT2D eigenvalue weighted by Gasteiger charge is 2.18. The van der Waals surface area contributed by atoms with Crippen molar-refractivity contribution in [3.8, 4) is 5.69 Å². The second-order valence-corrected chi connectivity index (χ2v) is 9.10. The highest BCUT2D eigenvalue weighted by Crippen LogP contribution is 2.30. The molecule has 0 amide bonds. The van der Waals surface area contributed by atoms with Crippen LogP contribution in [0.3, 0.4) is 0 Å². The van der Waals surface area contributed by atoms with Gasteiger partial charge in [-0.1, -0.05) is 35.3 Å². The minimum Gasteiger partial charge on any atom is -0.395 e. The van der Waals surface area contributed by atoms with Gasteiger partial charge in [-0.05, 0) is 48.2 Å². The number of para-hydroxylation sites is 1. The number of fused-ring (bicyclic) bond motifs is 2. The van der Waals surface area contributed by atoms with Crippen molar-refractivity contribution in [3.63, 3.8) is 0 Å². The summed E-state index contributed by atoms with van der Waals surface area (Å²) in [5.41, 5.74) is 9.46. The number of nitrogen functional groups attached to an aromatic ring is 1. The minimum absolute atomic E-state index is 0.0963. The zero-order chi connectivity index (χ0) is 24.5. The van der Waals surface area contributed by atoms with E-state index in [2.05, 4.69) is 37.3 Å². The zero-order valence-corrected chi connectivity index (χ0v) is 20.2. The molecule has 0 unspecified atom stereocenters. The van der Waals surface area contributed by atoms with Crippen molar-refractivity contribution in [2.24, 2.45) is 0 Å². The molecule has 4 aromatic rings. The molecule has 9 nitrogen and oxygen atoms in total. The fraction of sp³-hybridized carbons (Fsp3) is 0.250. The van der Waals surface area contributed by atoms with Gasteiger partial charge in [-0.25, -0.2) is 14.3 Å². The van der Waals surface area contributed by atoms with Gasteiger partial charge in [-0.15, -0.1) is 0 Å². The first-order chi connectivity index (χ1) is 16.9. The molecule has 180 valence electrons. The Morgan fingerprint density at radius 1 is 1.06 bits per heavy atom. The Bertz CT molecular complexity index is 1450. The Morgan fingerprint density at radius 3 is 2.54 bits per heavy atom. The maximum Gasteiger partial charge on any atom is 0.355 e. The van der Waals surface area contributed by atoms with E-state index < -0.39 is 5.69 Å². The van der Waals surface area contributed by atoms with Crippen molar-refractivity contribution in [2.75, 3.05) is 37.3 Å². The standard InChI is InChI=1S/C24H23Cl2N7O2/c25-18-2-1-3-19(26)20(18)33-21(27)17-13-28-23(30-22(17)31-24(33)35)29-16-5-4-14-6-8-32(10-11-34)9-7-15(14)12-16/h1-5,12-13,34H,6-11,27H2,(H,29,30,31,35). The summed E-state index contributed by atoms with van der Waals surface area (Å²) in [6.07, 6.45) is 3.35. The fourth-order valence-electron chi connectivity index (χ4n) is 4.33. The Morgan fingerprint density at radius 2 is 1.80 bits per heavy atom. The molecule has 2 aromatic heterocycles. The summed E-state index contributed by atoms with van der Waals surface area (Å²) in [6.45, 7) is 2.68. The molecule has 0 bridgehead atoms. The molecule has 0 spiro atoms. The van der Waals surface area contributed by atoms with Gasteiger partial charge < -0.3 is 21.1 Å². The summed E-state index contributed by atoms with van der Waals surface area (Å²) in [7, 11) is 0. The SMILES string of the molecule is Nc1c2cnc(Nc3ccc4c(c3)CCN(CCO)CC4)nc2nc(=O)n1-c1c(Cl)cccc1Cl. The number of rotatable bonds is 5. The Hall–Kier alpha value is -3.24. The van der Waals surface area contributed by atoms with Crippen LogP contribution in [0.25, 0.3) is 16.7 Å². The first-order valence-electron chi connectivity index (χ1n) is 11.2. The molecule has 1 aliphatic heterocycles. The van der Waals surface area contributed by atoms with Crippen LogP contribution in [0.5, 0.6) is 0 Å². The van der Waals surface area contributed by atoms with Crippen LogP contribution < -0.4 is 16.7 Å². The average molecular weight is 512 g/mol. The monoisotopic (exact) mass is 511 g/mol. The van der Waals surface area contributed by atoms with Crippen molar-refractivity contribution in [3.05, 3.63) is 74.3 Å². The topological polar surface area (TPSA) is 122 Å². The van der Waals surface area contributed by atoms with Gasteiger partial charge in [0.25, 0.3) is 0 Å². The Kier molecular flexibility index (Phi) is 6.57. The predicted octanol–water partition coefficient (Wildman–Crippen LogP) is 3.20. The maximum absolute atomic E-state index is 12.8. The number of nitrogens with two attached hydrogens (primary N) is 1. The smallest absolute Gasteiger partial charge is 0.355 e. The normalized spacial score (nSPS) is 14.0. The number of aromatic nitrogens is 4. The number of aliphatic hydroxyl groups excluding tert-OH is 1. The molecule has 1 aliphatic rings. The number of hydrogen-bond acceptors (Lipinski definition) is 8. The molecule has 4 N–H and O–H groups in total. The highest BCUT2D eigenvalue weighted by atomic mass is 35.5. The van der Waals surface area contributed by atoms with Gasteiger partial charge in [-0.2, -0.15) is 9.97 Å². The molecule has 2 aromatic carbocycles. The van der Waals surface area contributed by atoms with Crippen LogP contribution >= 0.6 is 23.2 Å². The second kappa shape index (κ2) is 9.79. The van der Waals surface area contributed by atoms with Crippen molar-refractivity contribution < 1.29 is 5.11 Å². The number of aliphatic hydroxyl groups is 1. The molecule has 5 rings (SSSR count). The third-order valence-corrected chi connectivity index (χ3v) is 6.72. The lowest BCUT2D eigenvalue weighted by Gasteiger charge is -2.17. The summed E-state index contributed by atoms with van der Waals surface area (Å²) in [5.74, 6) is 0.395. The van der Waals surface area contributed by atoms with Crippen molar-refractivity contribution in [1.82, 2.24) is 24.4 Å². The number of benzene rings is 2. The van der Waals surface area contributed by atoms with Crippen LogP contribution in [0, 0.1) is 0 Å². The molecule has 3 heterocycles. The van der Waals surface area contributed by atoms with E-state index in [9.17, 15) is 9.90 Å². The number of β-amino-alcohol motifs (C(OH)–C–C–N with tert-alkyl or cyclic N) is 1. The number of anilines is 3. The quantitative estimate of drug-likeness (QED) is 0.373. The number of hydrogen-bond donors (Lipinski definition) is 3. The number of nitrogens with one attached hydrogen (secondary N) is 1. The molecule has 11 heteroatoms. The first kappa shape index (κ1) is 23.5. The summed E-state index contributed by atoms with van der Waals surface area (Å²) in [5, 5.41) is 13.4. The summed E-state index contributed by atoms with van der Waals surface area (Å²) < 4.78 is 1.16. The molecule has 0 saturated carbocycles. The highest BCUT2D eigenvalue weighted by molar-refractivity contribution is 6.37. The van der Waals surface area contributed by atoms with Gasteiger partial charge in [0.2, 0.25) is 5.95 Å². The molecular formula is C24H23Cl2N7O2. The van der Waals surface area contributed by atoms with Gasteiger partial charge in [0.15, 0.2) is 5.65 Å². The lowest BCUT2D eigenvalue weighted by molar-refractivity contribution is 0.201. The molecule has 0 radical (unpaired) electrons. The van der Waals surface area contributed by atoms with Crippen molar-refractivity contribution in [1.29, 1.82) is 0 Å². The summed E-state index contributed by atoms with van der Waals surface area (Å²) in [4.78, 5) is 28.0. The van der Waals surface area contributed by atoms with Crippen LogP contribution in [0.4, 0.5) is 17.5 Å². The van der Waals surface area contributed by atoms with E-state index in [1.165, 1.54) is 17.3 Å². The predicted molar refractivity (Wildman–Crippen MR) is 138 cm³/mol. The lowest BCUT2D eigenvalue weighted by atomic mass is 10.0.